The van der Waals surface area contributed by atoms with E-state index in [-0.39, 0.29) is 11.8 Å². The van der Waals surface area contributed by atoms with Crippen molar-refractivity contribution in [3.8, 4) is 0 Å². The molecule has 0 spiro atoms. The number of sulfone groups is 1. The summed E-state index contributed by atoms with van der Waals surface area (Å²) in [6.45, 7) is 3.57. The average Bonchev–Trinajstić information content (AvgIpc) is 1.84. The van der Waals surface area contributed by atoms with E-state index in [4.69, 9.17) is 5.73 Å². The summed E-state index contributed by atoms with van der Waals surface area (Å²) < 4.78 is 21.5. The molecule has 3 nitrogen and oxygen atoms in total. The Morgan fingerprint density at radius 3 is 2.58 bits per heavy atom. The summed E-state index contributed by atoms with van der Waals surface area (Å²) in [4.78, 5) is 0. The Balaban J connectivity index is 3.60. The fourth-order valence-electron chi connectivity index (χ4n) is 0.997. The molecule has 0 amide bonds. The number of nitrogens with two attached hydrogens (primary N) is 1. The molecule has 0 saturated heterocycles. The number of hydrogen-bond acceptors (Lipinski definition) is 3. The van der Waals surface area contributed by atoms with E-state index in [2.05, 4.69) is 6.58 Å². The van der Waals surface area contributed by atoms with Crippen LogP contribution in [0.3, 0.4) is 0 Å². The summed E-state index contributed by atoms with van der Waals surface area (Å²) in [5.41, 5.74) is 5.59. The van der Waals surface area contributed by atoms with E-state index in [0.29, 0.717) is 0 Å². The zero-order chi connectivity index (χ0) is 9.61. The van der Waals surface area contributed by atoms with Gasteiger partial charge in [0.25, 0.3) is 0 Å². The van der Waals surface area contributed by atoms with Crippen molar-refractivity contribution >= 4 is 9.84 Å². The molecule has 72 valence electrons. The summed E-state index contributed by atoms with van der Waals surface area (Å²) in [7, 11) is -2.91. The molecule has 0 radical (unpaired) electrons. The molecule has 0 aliphatic carbocycles. The fourth-order valence-corrected chi connectivity index (χ4v) is 1.94. The van der Waals surface area contributed by atoms with Gasteiger partial charge >= 0.3 is 0 Å². The lowest BCUT2D eigenvalue weighted by Crippen LogP contribution is -2.28. The van der Waals surface area contributed by atoms with Gasteiger partial charge in [-0.3, -0.25) is 0 Å². The molecular weight excluding hydrogens is 174 g/mol. The van der Waals surface area contributed by atoms with Crippen molar-refractivity contribution in [3.63, 3.8) is 0 Å². The second kappa shape index (κ2) is 5.32. The first kappa shape index (κ1) is 11.6. The van der Waals surface area contributed by atoms with E-state index >= 15 is 0 Å². The molecule has 12 heavy (non-hydrogen) atoms. The Bertz CT molecular complexity index is 221. The minimum absolute atomic E-state index is 0.0874. The molecule has 2 N–H and O–H groups in total. The molecule has 0 aliphatic rings. The van der Waals surface area contributed by atoms with Gasteiger partial charge in [-0.1, -0.05) is 6.08 Å². The van der Waals surface area contributed by atoms with Gasteiger partial charge in [-0.25, -0.2) is 8.42 Å². The monoisotopic (exact) mass is 191 g/mol. The maximum absolute atomic E-state index is 10.8. The maximum Gasteiger partial charge on any atom is 0.148 e. The summed E-state index contributed by atoms with van der Waals surface area (Å²) in [6.07, 6.45) is 5.59. The van der Waals surface area contributed by atoms with E-state index in [1.807, 2.05) is 6.08 Å². The minimum atomic E-state index is -2.91. The van der Waals surface area contributed by atoms with Crippen LogP contribution in [-0.4, -0.2) is 26.5 Å². The van der Waals surface area contributed by atoms with Crippen molar-refractivity contribution in [2.24, 2.45) is 5.73 Å². The van der Waals surface area contributed by atoms with Crippen LogP contribution in [0, 0.1) is 0 Å². The van der Waals surface area contributed by atoms with Crippen LogP contribution in [0.5, 0.6) is 0 Å². The van der Waals surface area contributed by atoms with Crippen LogP contribution in [0.25, 0.3) is 0 Å². The number of allylic oxidation sites excluding steroid dienone is 1. The fraction of sp³-hybridized carbons (Fsp3) is 0.750. The molecule has 0 heterocycles. The van der Waals surface area contributed by atoms with Crippen LogP contribution in [0.2, 0.25) is 0 Å². The van der Waals surface area contributed by atoms with Gasteiger partial charge < -0.3 is 5.73 Å². The number of rotatable bonds is 6. The molecule has 4 heteroatoms. The van der Waals surface area contributed by atoms with Gasteiger partial charge in [0.15, 0.2) is 0 Å². The highest BCUT2D eigenvalue weighted by Gasteiger charge is 2.09. The van der Waals surface area contributed by atoms with Crippen molar-refractivity contribution in [2.75, 3.05) is 12.0 Å². The van der Waals surface area contributed by atoms with E-state index in [1.165, 1.54) is 6.26 Å². The molecule has 1 atom stereocenters. The first-order chi connectivity index (χ1) is 5.45. The second-order valence-corrected chi connectivity index (χ2v) is 5.26. The molecule has 0 aromatic carbocycles. The molecule has 0 aromatic rings. The summed E-state index contributed by atoms with van der Waals surface area (Å²) in [5, 5.41) is 0. The first-order valence-electron chi connectivity index (χ1n) is 4.00. The van der Waals surface area contributed by atoms with Crippen LogP contribution in [0.15, 0.2) is 12.7 Å². The molecule has 0 bridgehead atoms. The second-order valence-electron chi connectivity index (χ2n) is 3.07. The lowest BCUT2D eigenvalue weighted by atomic mass is 10.1. The van der Waals surface area contributed by atoms with E-state index in [1.54, 1.807) is 0 Å². The van der Waals surface area contributed by atoms with Crippen LogP contribution in [-0.2, 0) is 9.84 Å². The molecule has 1 unspecified atom stereocenters. The third kappa shape index (κ3) is 7.75. The highest BCUT2D eigenvalue weighted by atomic mass is 32.2. The smallest absolute Gasteiger partial charge is 0.148 e. The van der Waals surface area contributed by atoms with Gasteiger partial charge in [0.1, 0.15) is 9.84 Å². The molecule has 0 rings (SSSR count). The molecule has 0 fully saturated rings. The van der Waals surface area contributed by atoms with Crippen molar-refractivity contribution in [1.82, 2.24) is 0 Å². The predicted molar refractivity (Wildman–Crippen MR) is 51.7 cm³/mol. The molecule has 0 saturated carbocycles. The largest absolute Gasteiger partial charge is 0.327 e. The van der Waals surface area contributed by atoms with Crippen LogP contribution >= 0.6 is 0 Å². The van der Waals surface area contributed by atoms with Crippen molar-refractivity contribution in [3.05, 3.63) is 12.7 Å². The number of hydrogen-bond donors (Lipinski definition) is 1. The Labute approximate surface area is 74.6 Å². The minimum Gasteiger partial charge on any atom is -0.327 e. The lowest BCUT2D eigenvalue weighted by Gasteiger charge is -2.08. The highest BCUT2D eigenvalue weighted by Crippen LogP contribution is 2.01. The van der Waals surface area contributed by atoms with Gasteiger partial charge in [0, 0.05) is 12.3 Å². The van der Waals surface area contributed by atoms with E-state index in [0.717, 1.165) is 19.3 Å². The standard InChI is InChI=1S/C8H17NO2S/c1-3-4-5-6-8(9)7-12(2,10)11/h3,8H,1,4-7,9H2,2H3. The van der Waals surface area contributed by atoms with Gasteiger partial charge in [-0.2, -0.15) is 0 Å². The summed E-state index contributed by atoms with van der Waals surface area (Å²) in [5.74, 6) is 0.0874. The Kier molecular flexibility index (Phi) is 5.17. The van der Waals surface area contributed by atoms with Gasteiger partial charge in [0.2, 0.25) is 0 Å². The number of unbranched alkanes of at least 4 members (excludes halogenated alkanes) is 1. The van der Waals surface area contributed by atoms with Crippen LogP contribution in [0.1, 0.15) is 19.3 Å². The molecule has 0 aliphatic heterocycles. The molecule has 0 aromatic heterocycles. The van der Waals surface area contributed by atoms with Gasteiger partial charge in [-0.15, -0.1) is 6.58 Å². The van der Waals surface area contributed by atoms with Gasteiger partial charge in [-0.05, 0) is 19.3 Å². The lowest BCUT2D eigenvalue weighted by molar-refractivity contribution is 0.578. The summed E-state index contributed by atoms with van der Waals surface area (Å²) >= 11 is 0. The third-order valence-electron chi connectivity index (χ3n) is 1.50. The quantitative estimate of drug-likeness (QED) is 0.497. The topological polar surface area (TPSA) is 60.2 Å². The normalized spacial score (nSPS) is 14.2. The average molecular weight is 191 g/mol. The SMILES string of the molecule is C=CCCCC(N)CS(C)(=O)=O. The highest BCUT2D eigenvalue weighted by molar-refractivity contribution is 7.90. The molecular formula is C8H17NO2S. The van der Waals surface area contributed by atoms with Crippen molar-refractivity contribution in [2.45, 2.75) is 25.3 Å². The van der Waals surface area contributed by atoms with E-state index < -0.39 is 9.84 Å². The van der Waals surface area contributed by atoms with Gasteiger partial charge in [0.05, 0.1) is 5.75 Å². The maximum atomic E-state index is 10.8. The van der Waals surface area contributed by atoms with Crippen molar-refractivity contribution in [1.29, 1.82) is 0 Å². The third-order valence-corrected chi connectivity index (χ3v) is 2.53. The zero-order valence-corrected chi connectivity index (χ0v) is 8.31. The van der Waals surface area contributed by atoms with E-state index in [9.17, 15) is 8.42 Å². The first-order valence-corrected chi connectivity index (χ1v) is 6.06. The Morgan fingerprint density at radius 2 is 2.17 bits per heavy atom. The predicted octanol–water partition coefficient (Wildman–Crippen LogP) is 0.715. The zero-order valence-electron chi connectivity index (χ0n) is 7.49. The Morgan fingerprint density at radius 1 is 1.58 bits per heavy atom. The van der Waals surface area contributed by atoms with Crippen LogP contribution < -0.4 is 5.73 Å². The summed E-state index contributed by atoms with van der Waals surface area (Å²) in [6, 6.07) is -0.222. The Hall–Kier alpha value is -0.350. The van der Waals surface area contributed by atoms with Crippen molar-refractivity contribution < 1.29 is 8.42 Å². The van der Waals surface area contributed by atoms with Crippen LogP contribution in [0.4, 0.5) is 0 Å².